The highest BCUT2D eigenvalue weighted by molar-refractivity contribution is 5.96. The number of benzene rings is 2. The van der Waals surface area contributed by atoms with Crippen LogP contribution in [0.15, 0.2) is 70.6 Å². The van der Waals surface area contributed by atoms with E-state index in [-0.39, 0.29) is 24.5 Å². The topological polar surface area (TPSA) is 190 Å². The standard InChI is InChI=1S/C22H23N5O4.C2HF3O2/c23-22(24)25-11-3-8-18(21(30)31)26-19(28)17-7-4-12-27(20(17)29)16-10-9-14-5-1-2-6-15(14)13-16;3-2(4,5)1(6)7/h1-2,4-7,9-10,12-13,18H,3,8,11H2,(H,26,28)(H,30,31)(H4,23,24,25);(H,6,7)/t18-;/m0./s1. The summed E-state index contributed by atoms with van der Waals surface area (Å²) in [7, 11) is 0. The molecule has 0 aliphatic carbocycles. The van der Waals surface area contributed by atoms with Gasteiger partial charge in [-0.3, -0.25) is 19.1 Å². The number of halogens is 3. The maximum absolute atomic E-state index is 12.9. The van der Waals surface area contributed by atoms with Crippen LogP contribution in [-0.2, 0) is 9.59 Å². The molecular formula is C24H24F3N5O6. The number of fused-ring (bicyclic) bond motifs is 1. The number of alkyl halides is 3. The molecule has 0 bridgehead atoms. The van der Waals surface area contributed by atoms with Crippen LogP contribution in [0.25, 0.3) is 16.5 Å². The van der Waals surface area contributed by atoms with Crippen molar-refractivity contribution in [3.05, 3.63) is 76.7 Å². The molecule has 0 fully saturated rings. The van der Waals surface area contributed by atoms with Crippen LogP contribution < -0.4 is 22.3 Å². The highest BCUT2D eigenvalue weighted by atomic mass is 19.4. The first-order valence-corrected chi connectivity index (χ1v) is 10.9. The number of guanidine groups is 1. The molecule has 202 valence electrons. The van der Waals surface area contributed by atoms with E-state index < -0.39 is 35.6 Å². The Balaban J connectivity index is 0.000000638. The largest absolute Gasteiger partial charge is 0.490 e. The van der Waals surface area contributed by atoms with E-state index in [0.29, 0.717) is 12.1 Å². The van der Waals surface area contributed by atoms with E-state index in [0.717, 1.165) is 10.8 Å². The van der Waals surface area contributed by atoms with Crippen LogP contribution in [-0.4, -0.2) is 57.3 Å². The number of aliphatic carboxylic acids is 2. The van der Waals surface area contributed by atoms with E-state index in [1.54, 1.807) is 18.3 Å². The molecule has 3 aromatic rings. The number of nitrogens with one attached hydrogen (secondary N) is 1. The van der Waals surface area contributed by atoms with Crippen molar-refractivity contribution in [2.24, 2.45) is 16.5 Å². The maximum atomic E-state index is 12.9. The summed E-state index contributed by atoms with van der Waals surface area (Å²) < 4.78 is 33.1. The van der Waals surface area contributed by atoms with Crippen molar-refractivity contribution in [3.8, 4) is 5.69 Å². The fourth-order valence-electron chi connectivity index (χ4n) is 3.19. The van der Waals surface area contributed by atoms with Gasteiger partial charge in [-0.15, -0.1) is 0 Å². The summed E-state index contributed by atoms with van der Waals surface area (Å²) in [6, 6.07) is 15.0. The molecule has 0 unspecified atom stereocenters. The Morgan fingerprint density at radius 2 is 1.63 bits per heavy atom. The minimum atomic E-state index is -5.08. The minimum Gasteiger partial charge on any atom is -0.480 e. The Bertz CT molecular complexity index is 1400. The number of carbonyl (C=O) groups is 3. The summed E-state index contributed by atoms with van der Waals surface area (Å²) in [4.78, 5) is 49.8. The Morgan fingerprint density at radius 3 is 2.21 bits per heavy atom. The van der Waals surface area contributed by atoms with Gasteiger partial charge in [0.05, 0.1) is 0 Å². The predicted octanol–water partition coefficient (Wildman–Crippen LogP) is 1.86. The third-order valence-corrected chi connectivity index (χ3v) is 4.99. The van der Waals surface area contributed by atoms with Gasteiger partial charge in [0.25, 0.3) is 11.5 Å². The van der Waals surface area contributed by atoms with E-state index in [1.165, 1.54) is 10.6 Å². The first kappa shape index (κ1) is 29.4. The van der Waals surface area contributed by atoms with E-state index in [4.69, 9.17) is 21.4 Å². The molecule has 0 aliphatic rings. The maximum Gasteiger partial charge on any atom is 0.490 e. The minimum absolute atomic E-state index is 0.0885. The van der Waals surface area contributed by atoms with Crippen LogP contribution in [0, 0.1) is 0 Å². The summed E-state index contributed by atoms with van der Waals surface area (Å²) in [6.45, 7) is 0.238. The number of carboxylic acids is 2. The molecule has 1 aromatic heterocycles. The quantitative estimate of drug-likeness (QED) is 0.164. The molecule has 1 atom stereocenters. The molecule has 1 heterocycles. The number of aromatic nitrogens is 1. The average molecular weight is 535 g/mol. The number of pyridine rings is 1. The molecule has 0 saturated heterocycles. The lowest BCUT2D eigenvalue weighted by molar-refractivity contribution is -0.192. The van der Waals surface area contributed by atoms with Gasteiger partial charge < -0.3 is 27.0 Å². The summed E-state index contributed by atoms with van der Waals surface area (Å²) >= 11 is 0. The first-order chi connectivity index (χ1) is 17.8. The number of rotatable bonds is 8. The zero-order valence-corrected chi connectivity index (χ0v) is 19.7. The zero-order chi connectivity index (χ0) is 28.5. The smallest absolute Gasteiger partial charge is 0.480 e. The first-order valence-electron chi connectivity index (χ1n) is 10.9. The molecule has 14 heteroatoms. The van der Waals surface area contributed by atoms with Crippen LogP contribution in [0.3, 0.4) is 0 Å². The SMILES string of the molecule is NC(N)=NCCC[C@H](NC(=O)c1cccn(-c2ccc3ccccc3c2)c1=O)C(=O)O.O=C(O)C(F)(F)F. The third kappa shape index (κ3) is 8.36. The van der Waals surface area contributed by atoms with Gasteiger partial charge in [0, 0.05) is 18.4 Å². The van der Waals surface area contributed by atoms with Gasteiger partial charge in [0.15, 0.2) is 5.96 Å². The molecule has 0 aliphatic heterocycles. The van der Waals surface area contributed by atoms with Crippen molar-refractivity contribution in [1.29, 1.82) is 0 Å². The zero-order valence-electron chi connectivity index (χ0n) is 19.7. The lowest BCUT2D eigenvalue weighted by atomic mass is 10.1. The van der Waals surface area contributed by atoms with E-state index in [2.05, 4.69) is 10.3 Å². The second kappa shape index (κ2) is 12.9. The van der Waals surface area contributed by atoms with Crippen LogP contribution in [0.5, 0.6) is 0 Å². The molecule has 1 amide bonds. The van der Waals surface area contributed by atoms with Crippen molar-refractivity contribution in [2.45, 2.75) is 25.1 Å². The van der Waals surface area contributed by atoms with Crippen LogP contribution in [0.1, 0.15) is 23.2 Å². The number of carboxylic acid groups (broad SMARTS) is 2. The predicted molar refractivity (Wildman–Crippen MR) is 132 cm³/mol. The van der Waals surface area contributed by atoms with Crippen molar-refractivity contribution in [2.75, 3.05) is 6.54 Å². The van der Waals surface area contributed by atoms with Crippen LogP contribution in [0.2, 0.25) is 0 Å². The highest BCUT2D eigenvalue weighted by Crippen LogP contribution is 2.17. The number of aliphatic imine (C=N–C) groups is 1. The average Bonchev–Trinajstić information content (AvgIpc) is 2.85. The van der Waals surface area contributed by atoms with Crippen molar-refractivity contribution < 1.29 is 37.8 Å². The van der Waals surface area contributed by atoms with Gasteiger partial charge in [-0.1, -0.05) is 30.3 Å². The Labute approximate surface area is 213 Å². The van der Waals surface area contributed by atoms with E-state index in [9.17, 15) is 32.7 Å². The molecule has 38 heavy (non-hydrogen) atoms. The van der Waals surface area contributed by atoms with Gasteiger partial charge >= 0.3 is 18.1 Å². The van der Waals surface area contributed by atoms with Gasteiger partial charge in [0.2, 0.25) is 0 Å². The lowest BCUT2D eigenvalue weighted by Gasteiger charge is -2.14. The lowest BCUT2D eigenvalue weighted by Crippen LogP contribution is -2.43. The molecule has 11 nitrogen and oxygen atoms in total. The Morgan fingerprint density at radius 1 is 1.00 bits per heavy atom. The molecule has 2 aromatic carbocycles. The van der Waals surface area contributed by atoms with E-state index in [1.807, 2.05) is 36.4 Å². The summed E-state index contributed by atoms with van der Waals surface area (Å²) in [6.07, 6.45) is -3.05. The van der Waals surface area contributed by atoms with Gasteiger partial charge in [-0.25, -0.2) is 9.59 Å². The molecule has 3 rings (SSSR count). The van der Waals surface area contributed by atoms with Crippen molar-refractivity contribution >= 4 is 34.6 Å². The van der Waals surface area contributed by atoms with Crippen molar-refractivity contribution in [3.63, 3.8) is 0 Å². The molecule has 0 spiro atoms. The fraction of sp³-hybridized carbons (Fsp3) is 0.208. The van der Waals surface area contributed by atoms with Crippen LogP contribution >= 0.6 is 0 Å². The second-order valence-electron chi connectivity index (χ2n) is 7.74. The number of hydrogen-bond acceptors (Lipinski definition) is 5. The number of nitrogens with zero attached hydrogens (tertiary/aromatic N) is 2. The van der Waals surface area contributed by atoms with Gasteiger partial charge in [-0.05, 0) is 47.9 Å². The second-order valence-corrected chi connectivity index (χ2v) is 7.74. The van der Waals surface area contributed by atoms with Crippen LogP contribution in [0.4, 0.5) is 13.2 Å². The molecule has 0 saturated carbocycles. The normalized spacial score (nSPS) is 11.6. The van der Waals surface area contributed by atoms with E-state index >= 15 is 0 Å². The fourth-order valence-corrected chi connectivity index (χ4v) is 3.19. The molecule has 7 N–H and O–H groups in total. The van der Waals surface area contributed by atoms with Gasteiger partial charge in [0.1, 0.15) is 11.6 Å². The Kier molecular flexibility index (Phi) is 9.96. The molecule has 0 radical (unpaired) electrons. The number of nitrogens with two attached hydrogens (primary N) is 2. The summed E-state index contributed by atoms with van der Waals surface area (Å²) in [5.41, 5.74) is 10.4. The number of carbonyl (C=O) groups excluding carboxylic acids is 1. The number of hydrogen-bond donors (Lipinski definition) is 5. The monoisotopic (exact) mass is 535 g/mol. The molecular weight excluding hydrogens is 511 g/mol. The summed E-state index contributed by atoms with van der Waals surface area (Å²) in [5.74, 6) is -4.81. The van der Waals surface area contributed by atoms with Gasteiger partial charge in [-0.2, -0.15) is 13.2 Å². The number of amides is 1. The highest BCUT2D eigenvalue weighted by Gasteiger charge is 2.38. The summed E-state index contributed by atoms with van der Waals surface area (Å²) in [5, 5.41) is 20.9. The Hall–Kier alpha value is -4.88. The van der Waals surface area contributed by atoms with Crippen molar-refractivity contribution in [1.82, 2.24) is 9.88 Å². The third-order valence-electron chi connectivity index (χ3n) is 4.99.